The zero-order valence-corrected chi connectivity index (χ0v) is 14.3. The maximum absolute atomic E-state index is 12.4. The quantitative estimate of drug-likeness (QED) is 0.932. The Balaban J connectivity index is 1.69. The number of likely N-dealkylation sites (tertiary alicyclic amines) is 1. The molecule has 1 N–H and O–H groups in total. The predicted molar refractivity (Wildman–Crippen MR) is 86.9 cm³/mol. The van der Waals surface area contributed by atoms with Crippen molar-refractivity contribution in [1.82, 2.24) is 10.2 Å². The third-order valence-electron chi connectivity index (χ3n) is 4.83. The highest BCUT2D eigenvalue weighted by molar-refractivity contribution is 5.85. The molecule has 5 nitrogen and oxygen atoms in total. The Labute approximate surface area is 137 Å². The molecule has 23 heavy (non-hydrogen) atoms. The van der Waals surface area contributed by atoms with Gasteiger partial charge < -0.3 is 14.6 Å². The van der Waals surface area contributed by atoms with Gasteiger partial charge in [0.2, 0.25) is 11.8 Å². The lowest BCUT2D eigenvalue weighted by Gasteiger charge is -2.35. The van der Waals surface area contributed by atoms with E-state index in [1.54, 1.807) is 4.90 Å². The van der Waals surface area contributed by atoms with Crippen LogP contribution in [0, 0.1) is 12.3 Å². The van der Waals surface area contributed by atoms with Gasteiger partial charge in [0.05, 0.1) is 12.6 Å². The van der Waals surface area contributed by atoms with Crippen molar-refractivity contribution in [3.8, 4) is 0 Å². The number of furan rings is 1. The zero-order chi connectivity index (χ0) is 16.6. The van der Waals surface area contributed by atoms with Crippen molar-refractivity contribution < 1.29 is 14.0 Å². The van der Waals surface area contributed by atoms with Crippen molar-refractivity contribution in [2.24, 2.45) is 5.41 Å². The number of piperidine rings is 1. The van der Waals surface area contributed by atoms with Crippen LogP contribution in [-0.4, -0.2) is 29.8 Å². The van der Waals surface area contributed by atoms with Gasteiger partial charge in [-0.05, 0) is 37.7 Å². The predicted octanol–water partition coefficient (Wildman–Crippen LogP) is 2.73. The molecule has 0 aromatic carbocycles. The van der Waals surface area contributed by atoms with Crippen molar-refractivity contribution in [2.75, 3.05) is 13.1 Å². The minimum Gasteiger partial charge on any atom is -0.466 e. The van der Waals surface area contributed by atoms with Crippen LogP contribution < -0.4 is 5.32 Å². The second kappa shape index (κ2) is 6.02. The summed E-state index contributed by atoms with van der Waals surface area (Å²) in [5, 5.41) is 3.12. The molecular formula is C18H26N2O3. The number of nitrogens with one attached hydrogen (secondary N) is 1. The molecule has 2 heterocycles. The van der Waals surface area contributed by atoms with Gasteiger partial charge in [-0.25, -0.2) is 0 Å². The van der Waals surface area contributed by atoms with Crippen LogP contribution in [0.2, 0.25) is 0 Å². The summed E-state index contributed by atoms with van der Waals surface area (Å²) < 4.78 is 5.80. The van der Waals surface area contributed by atoms with Gasteiger partial charge in [0.1, 0.15) is 11.5 Å². The minimum absolute atomic E-state index is 0.0291. The smallest absolute Gasteiger partial charge is 0.240 e. The van der Waals surface area contributed by atoms with E-state index in [-0.39, 0.29) is 29.8 Å². The molecule has 1 fully saturated rings. The molecule has 2 amide bonds. The van der Waals surface area contributed by atoms with Gasteiger partial charge in [-0.1, -0.05) is 13.8 Å². The fraction of sp³-hybridized carbons (Fsp3) is 0.667. The van der Waals surface area contributed by atoms with Crippen LogP contribution in [0.5, 0.6) is 0 Å². The topological polar surface area (TPSA) is 62.6 Å². The summed E-state index contributed by atoms with van der Waals surface area (Å²) in [6.45, 7) is 7.19. The Kier molecular flexibility index (Phi) is 4.21. The number of carbonyl (C=O) groups excluding carboxylic acids is 2. The summed E-state index contributed by atoms with van der Waals surface area (Å²) in [4.78, 5) is 25.9. The number of hydrogen-bond donors (Lipinski definition) is 1. The average Bonchev–Trinajstić information content (AvgIpc) is 2.80. The third kappa shape index (κ3) is 3.59. The van der Waals surface area contributed by atoms with Crippen molar-refractivity contribution in [2.45, 2.75) is 58.9 Å². The number of amides is 2. The lowest BCUT2D eigenvalue weighted by molar-refractivity contribution is -0.138. The number of rotatable bonds is 3. The Morgan fingerprint density at radius 2 is 2.22 bits per heavy atom. The van der Waals surface area contributed by atoms with Crippen molar-refractivity contribution in [3.63, 3.8) is 0 Å². The summed E-state index contributed by atoms with van der Waals surface area (Å²) >= 11 is 0. The minimum atomic E-state index is -0.0762. The molecule has 1 aromatic heterocycles. The largest absolute Gasteiger partial charge is 0.466 e. The Bertz CT molecular complexity index is 618. The summed E-state index contributed by atoms with van der Waals surface area (Å²) in [5.41, 5.74) is 1.19. The van der Waals surface area contributed by atoms with E-state index in [9.17, 15) is 9.59 Å². The molecule has 5 heteroatoms. The first-order valence-electron chi connectivity index (χ1n) is 8.50. The zero-order valence-electron chi connectivity index (χ0n) is 14.3. The van der Waals surface area contributed by atoms with E-state index in [2.05, 4.69) is 19.2 Å². The maximum atomic E-state index is 12.4. The van der Waals surface area contributed by atoms with Crippen molar-refractivity contribution >= 4 is 11.8 Å². The lowest BCUT2D eigenvalue weighted by atomic mass is 9.74. The molecule has 0 bridgehead atoms. The molecule has 1 aromatic rings. The molecule has 1 aliphatic carbocycles. The summed E-state index contributed by atoms with van der Waals surface area (Å²) in [6.07, 6.45) is 4.27. The van der Waals surface area contributed by atoms with Crippen LogP contribution in [0.15, 0.2) is 10.5 Å². The van der Waals surface area contributed by atoms with Crippen molar-refractivity contribution in [3.05, 3.63) is 23.2 Å². The Morgan fingerprint density at radius 3 is 2.96 bits per heavy atom. The van der Waals surface area contributed by atoms with E-state index in [1.807, 2.05) is 13.0 Å². The normalized spacial score (nSPS) is 23.5. The van der Waals surface area contributed by atoms with Gasteiger partial charge in [0.25, 0.3) is 0 Å². The number of carbonyl (C=O) groups is 2. The summed E-state index contributed by atoms with van der Waals surface area (Å²) in [7, 11) is 0. The van der Waals surface area contributed by atoms with Crippen LogP contribution in [0.25, 0.3) is 0 Å². The number of nitrogens with zero attached hydrogens (tertiary/aromatic N) is 1. The van der Waals surface area contributed by atoms with Gasteiger partial charge in [0, 0.05) is 24.9 Å². The highest BCUT2D eigenvalue weighted by Crippen LogP contribution is 2.41. The standard InChI is InChI=1S/C18H26N2O3/c1-12-8-13-14(9-18(2,3)10-15(13)23-12)19-16(21)11-20-7-5-4-6-17(20)22/h8,14H,4-7,9-11H2,1-3H3,(H,19,21). The molecule has 0 saturated carbocycles. The number of aryl methyl sites for hydroxylation is 1. The molecule has 3 rings (SSSR count). The van der Waals surface area contributed by atoms with E-state index in [1.165, 1.54) is 0 Å². The van der Waals surface area contributed by atoms with Crippen LogP contribution in [0.1, 0.15) is 62.7 Å². The lowest BCUT2D eigenvalue weighted by Crippen LogP contribution is -2.45. The van der Waals surface area contributed by atoms with Gasteiger partial charge >= 0.3 is 0 Å². The number of hydrogen-bond acceptors (Lipinski definition) is 3. The highest BCUT2D eigenvalue weighted by atomic mass is 16.3. The van der Waals surface area contributed by atoms with Crippen molar-refractivity contribution in [1.29, 1.82) is 0 Å². The van der Waals surface area contributed by atoms with E-state index < -0.39 is 0 Å². The Morgan fingerprint density at radius 1 is 1.43 bits per heavy atom. The monoisotopic (exact) mass is 318 g/mol. The van der Waals surface area contributed by atoms with E-state index in [0.29, 0.717) is 13.0 Å². The maximum Gasteiger partial charge on any atom is 0.240 e. The number of fused-ring (bicyclic) bond motifs is 1. The molecule has 1 atom stereocenters. The molecule has 2 aliphatic rings. The van der Waals surface area contributed by atoms with Gasteiger partial charge in [0.15, 0.2) is 0 Å². The van der Waals surface area contributed by atoms with Gasteiger partial charge in [-0.3, -0.25) is 9.59 Å². The van der Waals surface area contributed by atoms with Crippen LogP contribution in [0.3, 0.4) is 0 Å². The first-order valence-corrected chi connectivity index (χ1v) is 8.50. The fourth-order valence-electron chi connectivity index (χ4n) is 3.76. The van der Waals surface area contributed by atoms with Crippen LogP contribution in [0.4, 0.5) is 0 Å². The Hall–Kier alpha value is -1.78. The highest BCUT2D eigenvalue weighted by Gasteiger charge is 2.35. The molecule has 0 radical (unpaired) electrons. The first kappa shape index (κ1) is 16.1. The molecule has 1 saturated heterocycles. The van der Waals surface area contributed by atoms with Crippen LogP contribution in [-0.2, 0) is 16.0 Å². The first-order chi connectivity index (χ1) is 10.8. The second-order valence-electron chi connectivity index (χ2n) is 7.67. The van der Waals surface area contributed by atoms with Crippen LogP contribution >= 0.6 is 0 Å². The fourth-order valence-corrected chi connectivity index (χ4v) is 3.76. The summed E-state index contributed by atoms with van der Waals surface area (Å²) in [6, 6.07) is 2.00. The van der Waals surface area contributed by atoms with E-state index in [4.69, 9.17) is 4.42 Å². The SMILES string of the molecule is Cc1cc2c(o1)CC(C)(C)CC2NC(=O)CN1CCCCC1=O. The molecule has 1 aliphatic heterocycles. The second-order valence-corrected chi connectivity index (χ2v) is 7.67. The van der Waals surface area contributed by atoms with Gasteiger partial charge in [-0.15, -0.1) is 0 Å². The van der Waals surface area contributed by atoms with Gasteiger partial charge in [-0.2, -0.15) is 0 Å². The molecule has 1 unspecified atom stereocenters. The molecule has 126 valence electrons. The average molecular weight is 318 g/mol. The summed E-state index contributed by atoms with van der Waals surface area (Å²) in [5.74, 6) is 1.89. The van der Waals surface area contributed by atoms with E-state index >= 15 is 0 Å². The van der Waals surface area contributed by atoms with E-state index in [0.717, 1.165) is 42.8 Å². The molecule has 0 spiro atoms. The molecular weight excluding hydrogens is 292 g/mol. The third-order valence-corrected chi connectivity index (χ3v) is 4.83.